The van der Waals surface area contributed by atoms with Crippen molar-refractivity contribution in [2.45, 2.75) is 38.5 Å². The number of carbonyl (C=O) groups is 1. The number of aryl methyl sites for hydroxylation is 2. The van der Waals surface area contributed by atoms with Gasteiger partial charge in [-0.15, -0.1) is 0 Å². The predicted molar refractivity (Wildman–Crippen MR) is 73.3 cm³/mol. The van der Waals surface area contributed by atoms with Gasteiger partial charge in [0.05, 0.1) is 5.92 Å². The Labute approximate surface area is 109 Å². The zero-order valence-corrected chi connectivity index (χ0v) is 11.5. The van der Waals surface area contributed by atoms with E-state index in [1.165, 1.54) is 30.4 Å². The van der Waals surface area contributed by atoms with E-state index in [4.69, 9.17) is 0 Å². The normalized spacial score (nSPS) is 16.2. The molecule has 18 heavy (non-hydrogen) atoms. The van der Waals surface area contributed by atoms with Crippen LogP contribution >= 0.6 is 0 Å². The summed E-state index contributed by atoms with van der Waals surface area (Å²) in [5.41, 5.74) is 6.83. The monoisotopic (exact) mass is 246 g/mol. The zero-order chi connectivity index (χ0) is 13.1. The summed E-state index contributed by atoms with van der Waals surface area (Å²) in [6.07, 6.45) is 4.91. The maximum absolute atomic E-state index is 12.0. The highest BCUT2D eigenvalue weighted by atomic mass is 16.2. The van der Waals surface area contributed by atoms with E-state index in [1.807, 2.05) is 21.0 Å². The highest BCUT2D eigenvalue weighted by Gasteiger charge is 2.18. The molecule has 0 radical (unpaired) electrons. The average molecular weight is 246 g/mol. The van der Waals surface area contributed by atoms with Gasteiger partial charge in [0.2, 0.25) is 5.91 Å². The van der Waals surface area contributed by atoms with Crippen molar-refractivity contribution in [3.8, 4) is 0 Å². The smallest absolute Gasteiger partial charge is 0.241 e. The largest absolute Gasteiger partial charge is 0.289 e. The number of nitrogens with zero attached hydrogens (tertiary/aromatic N) is 1. The van der Waals surface area contributed by atoms with Crippen LogP contribution in [0.2, 0.25) is 0 Å². The number of rotatable bonds is 3. The molecule has 1 aromatic rings. The maximum Gasteiger partial charge on any atom is 0.241 e. The van der Waals surface area contributed by atoms with E-state index in [2.05, 4.69) is 23.6 Å². The molecule has 1 atom stereocenters. The van der Waals surface area contributed by atoms with E-state index >= 15 is 0 Å². The van der Waals surface area contributed by atoms with E-state index < -0.39 is 0 Å². The SMILES string of the molecule is CC(C(=O)NN(C)C)c1ccc2c(c1)CCCC2. The molecule has 0 bridgehead atoms. The van der Waals surface area contributed by atoms with Crippen LogP contribution in [0.5, 0.6) is 0 Å². The number of hydrogen-bond acceptors (Lipinski definition) is 2. The lowest BCUT2D eigenvalue weighted by atomic mass is 9.88. The molecule has 0 heterocycles. The van der Waals surface area contributed by atoms with Crippen LogP contribution in [-0.4, -0.2) is 25.0 Å². The highest BCUT2D eigenvalue weighted by molar-refractivity contribution is 5.82. The second kappa shape index (κ2) is 5.53. The summed E-state index contributed by atoms with van der Waals surface area (Å²) in [7, 11) is 3.66. The molecular weight excluding hydrogens is 224 g/mol. The van der Waals surface area contributed by atoms with Crippen LogP contribution in [0.4, 0.5) is 0 Å². The molecule has 3 nitrogen and oxygen atoms in total. The molecule has 1 aromatic carbocycles. The number of amides is 1. The molecule has 0 aromatic heterocycles. The molecule has 1 aliphatic carbocycles. The van der Waals surface area contributed by atoms with Gasteiger partial charge in [0.25, 0.3) is 0 Å². The van der Waals surface area contributed by atoms with Gasteiger partial charge in [-0.05, 0) is 49.3 Å². The Morgan fingerprint density at radius 3 is 2.56 bits per heavy atom. The zero-order valence-electron chi connectivity index (χ0n) is 11.5. The Balaban J connectivity index is 2.15. The number of fused-ring (bicyclic) bond motifs is 1. The predicted octanol–water partition coefficient (Wildman–Crippen LogP) is 2.26. The minimum Gasteiger partial charge on any atom is -0.289 e. The quantitative estimate of drug-likeness (QED) is 0.830. The first kappa shape index (κ1) is 13.1. The molecule has 2 rings (SSSR count). The van der Waals surface area contributed by atoms with Gasteiger partial charge in [-0.1, -0.05) is 18.2 Å². The molecule has 1 unspecified atom stereocenters. The van der Waals surface area contributed by atoms with Crippen molar-refractivity contribution in [3.63, 3.8) is 0 Å². The molecule has 0 fully saturated rings. The van der Waals surface area contributed by atoms with Crippen LogP contribution < -0.4 is 5.43 Å². The van der Waals surface area contributed by atoms with Gasteiger partial charge in [-0.2, -0.15) is 0 Å². The Morgan fingerprint density at radius 2 is 1.89 bits per heavy atom. The van der Waals surface area contributed by atoms with E-state index in [1.54, 1.807) is 5.01 Å². The molecule has 3 heteroatoms. The van der Waals surface area contributed by atoms with Crippen LogP contribution in [0.15, 0.2) is 18.2 Å². The maximum atomic E-state index is 12.0. The van der Waals surface area contributed by atoms with Gasteiger partial charge in [-0.25, -0.2) is 5.01 Å². The van der Waals surface area contributed by atoms with Gasteiger partial charge in [0.15, 0.2) is 0 Å². The van der Waals surface area contributed by atoms with Crippen molar-refractivity contribution in [3.05, 3.63) is 34.9 Å². The van der Waals surface area contributed by atoms with Gasteiger partial charge in [0, 0.05) is 14.1 Å². The summed E-state index contributed by atoms with van der Waals surface area (Å²) in [5, 5.41) is 1.69. The van der Waals surface area contributed by atoms with E-state index in [0.717, 1.165) is 12.0 Å². The third kappa shape index (κ3) is 2.91. The molecule has 1 N–H and O–H groups in total. The van der Waals surface area contributed by atoms with Crippen LogP contribution in [0, 0.1) is 0 Å². The van der Waals surface area contributed by atoms with E-state index in [0.29, 0.717) is 0 Å². The van der Waals surface area contributed by atoms with Crippen molar-refractivity contribution in [1.82, 2.24) is 10.4 Å². The van der Waals surface area contributed by atoms with Crippen molar-refractivity contribution < 1.29 is 4.79 Å². The van der Waals surface area contributed by atoms with Gasteiger partial charge in [-0.3, -0.25) is 10.2 Å². The first-order chi connectivity index (χ1) is 8.58. The van der Waals surface area contributed by atoms with Gasteiger partial charge < -0.3 is 0 Å². The third-order valence-corrected chi connectivity index (χ3v) is 3.60. The first-order valence-corrected chi connectivity index (χ1v) is 6.67. The summed E-state index contributed by atoms with van der Waals surface area (Å²) in [5.74, 6) is -0.0459. The number of hydrogen-bond donors (Lipinski definition) is 1. The fourth-order valence-electron chi connectivity index (χ4n) is 2.49. The van der Waals surface area contributed by atoms with Crippen molar-refractivity contribution in [2.24, 2.45) is 0 Å². The second-order valence-electron chi connectivity index (χ2n) is 5.33. The number of hydrazine groups is 1. The minimum absolute atomic E-state index is 0.0516. The molecule has 0 aliphatic heterocycles. The molecular formula is C15H22N2O. The minimum atomic E-state index is -0.0976. The number of nitrogens with one attached hydrogen (secondary N) is 1. The van der Waals surface area contributed by atoms with Gasteiger partial charge in [0.1, 0.15) is 0 Å². The van der Waals surface area contributed by atoms with E-state index in [-0.39, 0.29) is 11.8 Å². The molecule has 1 aliphatic rings. The Kier molecular flexibility index (Phi) is 4.02. The number of benzene rings is 1. The third-order valence-electron chi connectivity index (χ3n) is 3.60. The summed E-state index contributed by atoms with van der Waals surface area (Å²) >= 11 is 0. The topological polar surface area (TPSA) is 32.3 Å². The Hall–Kier alpha value is -1.35. The fourth-order valence-corrected chi connectivity index (χ4v) is 2.49. The number of carbonyl (C=O) groups excluding carboxylic acids is 1. The lowest BCUT2D eigenvalue weighted by Gasteiger charge is -2.20. The highest BCUT2D eigenvalue weighted by Crippen LogP contribution is 2.25. The molecule has 98 valence electrons. The van der Waals surface area contributed by atoms with E-state index in [9.17, 15) is 4.79 Å². The average Bonchev–Trinajstić information content (AvgIpc) is 2.36. The van der Waals surface area contributed by atoms with Crippen LogP contribution in [0.3, 0.4) is 0 Å². The summed E-state index contributed by atoms with van der Waals surface area (Å²) < 4.78 is 0. The van der Waals surface area contributed by atoms with Gasteiger partial charge >= 0.3 is 0 Å². The van der Waals surface area contributed by atoms with Crippen molar-refractivity contribution in [1.29, 1.82) is 0 Å². The Bertz CT molecular complexity index is 440. The Morgan fingerprint density at radius 1 is 1.22 bits per heavy atom. The van der Waals surface area contributed by atoms with Crippen LogP contribution in [0.25, 0.3) is 0 Å². The first-order valence-electron chi connectivity index (χ1n) is 6.67. The molecule has 1 amide bonds. The lowest BCUT2D eigenvalue weighted by Crippen LogP contribution is -2.38. The van der Waals surface area contributed by atoms with Crippen LogP contribution in [-0.2, 0) is 17.6 Å². The summed E-state index contributed by atoms with van der Waals surface area (Å²) in [6, 6.07) is 6.52. The standard InChI is InChI=1S/C15H22N2O/c1-11(15(18)16-17(2)3)13-9-8-12-6-4-5-7-14(12)10-13/h8-11H,4-7H2,1-3H3,(H,16,18). The fraction of sp³-hybridized carbons (Fsp3) is 0.533. The second-order valence-corrected chi connectivity index (χ2v) is 5.33. The summed E-state index contributed by atoms with van der Waals surface area (Å²) in [4.78, 5) is 12.0. The van der Waals surface area contributed by atoms with Crippen LogP contribution in [0.1, 0.15) is 42.4 Å². The lowest BCUT2D eigenvalue weighted by molar-refractivity contribution is -0.125. The molecule has 0 saturated carbocycles. The molecule has 0 saturated heterocycles. The summed E-state index contributed by atoms with van der Waals surface area (Å²) in [6.45, 7) is 1.96. The molecule has 0 spiro atoms. The van der Waals surface area contributed by atoms with Crippen molar-refractivity contribution >= 4 is 5.91 Å². The van der Waals surface area contributed by atoms with Crippen molar-refractivity contribution in [2.75, 3.05) is 14.1 Å².